The molecular formula is C18H30O4. The van der Waals surface area contributed by atoms with Gasteiger partial charge in [-0.2, -0.15) is 0 Å². The Balaban J connectivity index is 1.80. The SMILES string of the molecule is C[C@H]1CCCCCCCCCC[C@@H](O)[C@@H]2O[C@H]2/C=C/C(=O)O1. The molecule has 4 heteroatoms. The zero-order valence-electron chi connectivity index (χ0n) is 13.7. The first-order valence-electron chi connectivity index (χ1n) is 8.89. The van der Waals surface area contributed by atoms with Crippen LogP contribution in [0.25, 0.3) is 0 Å². The van der Waals surface area contributed by atoms with E-state index < -0.39 is 6.10 Å². The number of carbonyl (C=O) groups excluding carboxylic acids is 1. The topological polar surface area (TPSA) is 59.1 Å². The molecule has 0 unspecified atom stereocenters. The summed E-state index contributed by atoms with van der Waals surface area (Å²) in [7, 11) is 0. The van der Waals surface area contributed by atoms with Gasteiger partial charge in [-0.25, -0.2) is 4.79 Å². The van der Waals surface area contributed by atoms with Crippen LogP contribution in [0.5, 0.6) is 0 Å². The molecule has 0 saturated carbocycles. The van der Waals surface area contributed by atoms with Crippen molar-refractivity contribution < 1.29 is 19.4 Å². The molecule has 0 aromatic heterocycles. The molecule has 0 aromatic carbocycles. The fraction of sp³-hybridized carbons (Fsp3) is 0.833. The molecule has 0 radical (unpaired) electrons. The molecule has 0 spiro atoms. The van der Waals surface area contributed by atoms with Gasteiger partial charge in [0.15, 0.2) is 0 Å². The monoisotopic (exact) mass is 310 g/mol. The lowest BCUT2D eigenvalue weighted by Gasteiger charge is -2.11. The molecule has 2 aliphatic heterocycles. The summed E-state index contributed by atoms with van der Waals surface area (Å²) < 4.78 is 10.8. The van der Waals surface area contributed by atoms with Crippen LogP contribution in [-0.4, -0.2) is 35.5 Å². The third-order valence-corrected chi connectivity index (χ3v) is 4.54. The van der Waals surface area contributed by atoms with Crippen molar-refractivity contribution in [2.75, 3.05) is 0 Å². The number of hydrogen-bond donors (Lipinski definition) is 1. The van der Waals surface area contributed by atoms with Crippen molar-refractivity contribution in [1.29, 1.82) is 0 Å². The summed E-state index contributed by atoms with van der Waals surface area (Å²) in [6, 6.07) is 0. The van der Waals surface area contributed by atoms with Crippen LogP contribution < -0.4 is 0 Å². The Morgan fingerprint density at radius 2 is 1.59 bits per heavy atom. The van der Waals surface area contributed by atoms with Crippen LogP contribution in [0.4, 0.5) is 0 Å². The van der Waals surface area contributed by atoms with Gasteiger partial charge in [-0.15, -0.1) is 0 Å². The molecule has 1 fully saturated rings. The van der Waals surface area contributed by atoms with Gasteiger partial charge in [0.1, 0.15) is 12.2 Å². The predicted molar refractivity (Wildman–Crippen MR) is 85.5 cm³/mol. The predicted octanol–water partition coefficient (Wildman–Crippen LogP) is 3.52. The van der Waals surface area contributed by atoms with Crippen molar-refractivity contribution in [2.45, 2.75) is 95.5 Å². The number of hydrogen-bond acceptors (Lipinski definition) is 4. The van der Waals surface area contributed by atoms with Crippen molar-refractivity contribution in [3.8, 4) is 0 Å². The summed E-state index contributed by atoms with van der Waals surface area (Å²) in [5.41, 5.74) is 0. The highest BCUT2D eigenvalue weighted by atomic mass is 16.6. The van der Waals surface area contributed by atoms with E-state index in [-0.39, 0.29) is 24.3 Å². The highest BCUT2D eigenvalue weighted by molar-refractivity contribution is 5.82. The summed E-state index contributed by atoms with van der Waals surface area (Å²) in [4.78, 5) is 11.7. The van der Waals surface area contributed by atoms with Crippen LogP contribution in [-0.2, 0) is 14.3 Å². The van der Waals surface area contributed by atoms with Crippen LogP contribution in [0.15, 0.2) is 12.2 Å². The second kappa shape index (κ2) is 9.31. The number of aliphatic hydroxyl groups excluding tert-OH is 1. The van der Waals surface area contributed by atoms with Crippen LogP contribution in [0, 0.1) is 0 Å². The van der Waals surface area contributed by atoms with Crippen LogP contribution in [0.1, 0.15) is 71.1 Å². The average molecular weight is 310 g/mol. The summed E-state index contributed by atoms with van der Waals surface area (Å²) in [5.74, 6) is -0.308. The third kappa shape index (κ3) is 6.49. The van der Waals surface area contributed by atoms with Crippen molar-refractivity contribution in [3.05, 3.63) is 12.2 Å². The minimum Gasteiger partial charge on any atom is -0.460 e. The lowest BCUT2D eigenvalue weighted by atomic mass is 10.0. The summed E-state index contributed by atoms with van der Waals surface area (Å²) in [6.07, 6.45) is 13.8. The molecule has 0 amide bonds. The summed E-state index contributed by atoms with van der Waals surface area (Å²) in [6.45, 7) is 1.95. The zero-order chi connectivity index (χ0) is 15.8. The Kier molecular flexibility index (Phi) is 7.40. The van der Waals surface area contributed by atoms with Gasteiger partial charge in [-0.1, -0.05) is 44.9 Å². The van der Waals surface area contributed by atoms with Crippen LogP contribution >= 0.6 is 0 Å². The van der Waals surface area contributed by atoms with Gasteiger partial charge in [-0.3, -0.25) is 0 Å². The Bertz CT molecular complexity index is 366. The van der Waals surface area contributed by atoms with E-state index in [4.69, 9.17) is 9.47 Å². The fourth-order valence-corrected chi connectivity index (χ4v) is 3.08. The lowest BCUT2D eigenvalue weighted by Crippen LogP contribution is -2.16. The molecular weight excluding hydrogens is 280 g/mol. The average Bonchev–Trinajstić information content (AvgIpc) is 3.25. The van der Waals surface area contributed by atoms with Crippen LogP contribution in [0.2, 0.25) is 0 Å². The molecule has 126 valence electrons. The number of aliphatic hydroxyl groups is 1. The smallest absolute Gasteiger partial charge is 0.330 e. The van der Waals surface area contributed by atoms with Gasteiger partial charge in [0, 0.05) is 6.08 Å². The first-order chi connectivity index (χ1) is 10.7. The maximum absolute atomic E-state index is 11.7. The molecule has 4 nitrogen and oxygen atoms in total. The highest BCUT2D eigenvalue weighted by Crippen LogP contribution is 2.29. The molecule has 0 bridgehead atoms. The third-order valence-electron chi connectivity index (χ3n) is 4.54. The number of epoxide rings is 1. The van der Waals surface area contributed by atoms with E-state index in [9.17, 15) is 9.90 Å². The second-order valence-electron chi connectivity index (χ2n) is 6.65. The molecule has 0 aromatic rings. The Morgan fingerprint density at radius 3 is 2.27 bits per heavy atom. The molecule has 2 rings (SSSR count). The maximum atomic E-state index is 11.7. The minimum absolute atomic E-state index is 0.0301. The van der Waals surface area contributed by atoms with Crippen molar-refractivity contribution in [2.24, 2.45) is 0 Å². The van der Waals surface area contributed by atoms with E-state index in [1.165, 1.54) is 44.6 Å². The van der Waals surface area contributed by atoms with E-state index >= 15 is 0 Å². The first kappa shape index (κ1) is 17.5. The molecule has 0 aliphatic carbocycles. The second-order valence-corrected chi connectivity index (χ2v) is 6.65. The standard InChI is InChI=1S/C18H30O4/c1-14-10-8-6-4-2-3-5-7-9-11-15(19)18-16(22-18)12-13-17(20)21-14/h12-16,18-19H,2-11H2,1H3/b13-12+/t14-,15+,16-,18-/m0/s1. The normalized spacial score (nSPS) is 37.3. The van der Waals surface area contributed by atoms with Gasteiger partial charge >= 0.3 is 5.97 Å². The van der Waals surface area contributed by atoms with E-state index in [1.54, 1.807) is 6.08 Å². The van der Waals surface area contributed by atoms with Gasteiger partial charge in [0.25, 0.3) is 0 Å². The Labute approximate surface area is 133 Å². The van der Waals surface area contributed by atoms with E-state index in [2.05, 4.69) is 0 Å². The molecule has 4 atom stereocenters. The number of carbonyl (C=O) groups is 1. The first-order valence-corrected chi connectivity index (χ1v) is 8.89. The zero-order valence-corrected chi connectivity index (χ0v) is 13.7. The number of fused-ring (bicyclic) bond motifs is 1. The lowest BCUT2D eigenvalue weighted by molar-refractivity contribution is -0.142. The van der Waals surface area contributed by atoms with Crippen molar-refractivity contribution in [1.82, 2.24) is 0 Å². The van der Waals surface area contributed by atoms with E-state index in [1.807, 2.05) is 6.92 Å². The minimum atomic E-state index is -0.413. The molecule has 1 saturated heterocycles. The van der Waals surface area contributed by atoms with Gasteiger partial charge in [0.2, 0.25) is 0 Å². The number of rotatable bonds is 0. The largest absolute Gasteiger partial charge is 0.460 e. The molecule has 22 heavy (non-hydrogen) atoms. The Hall–Kier alpha value is -0.870. The van der Waals surface area contributed by atoms with Gasteiger partial charge in [-0.05, 0) is 32.3 Å². The van der Waals surface area contributed by atoms with Gasteiger partial charge < -0.3 is 14.6 Å². The maximum Gasteiger partial charge on any atom is 0.330 e. The summed E-state index contributed by atoms with van der Waals surface area (Å²) >= 11 is 0. The van der Waals surface area contributed by atoms with E-state index in [0.717, 1.165) is 25.7 Å². The number of esters is 1. The number of cyclic esters (lactones) is 1. The van der Waals surface area contributed by atoms with Crippen molar-refractivity contribution >= 4 is 5.97 Å². The van der Waals surface area contributed by atoms with E-state index in [0.29, 0.717) is 0 Å². The molecule has 2 heterocycles. The Morgan fingerprint density at radius 1 is 1.00 bits per heavy atom. The summed E-state index contributed by atoms with van der Waals surface area (Å²) in [5, 5.41) is 10.0. The molecule has 2 aliphatic rings. The fourth-order valence-electron chi connectivity index (χ4n) is 3.08. The molecule has 1 N–H and O–H groups in total. The quantitative estimate of drug-likeness (QED) is 0.549. The van der Waals surface area contributed by atoms with Crippen molar-refractivity contribution in [3.63, 3.8) is 0 Å². The van der Waals surface area contributed by atoms with Crippen LogP contribution in [0.3, 0.4) is 0 Å². The van der Waals surface area contributed by atoms with Gasteiger partial charge in [0.05, 0.1) is 12.2 Å². The highest BCUT2D eigenvalue weighted by Gasteiger charge is 2.42. The number of ether oxygens (including phenoxy) is 2.